The van der Waals surface area contributed by atoms with E-state index in [1.165, 1.54) is 0 Å². The summed E-state index contributed by atoms with van der Waals surface area (Å²) >= 11 is 5.89. The number of piperidine rings is 3. The van der Waals surface area contributed by atoms with Gasteiger partial charge in [0.15, 0.2) is 0 Å². The number of halogens is 1. The number of hydrogen-bond acceptors (Lipinski definition) is 3. The fraction of sp³-hybridized carbons (Fsp3) is 0.583. The van der Waals surface area contributed by atoms with Crippen molar-refractivity contribution in [2.45, 2.75) is 18.4 Å². The van der Waals surface area contributed by atoms with Gasteiger partial charge in [-0.25, -0.2) is 4.98 Å². The standard InChI is InChI=1S/C12H15ClN2O/c13-11-3-1-2-10(14-11)12(16)8-15-6-4-9(12)5-7-15/h1-3,9,16H,4-8H2/t12-/m0/s1. The van der Waals surface area contributed by atoms with Crippen molar-refractivity contribution < 1.29 is 5.11 Å². The quantitative estimate of drug-likeness (QED) is 0.756. The second kappa shape index (κ2) is 3.69. The van der Waals surface area contributed by atoms with E-state index in [2.05, 4.69) is 9.88 Å². The van der Waals surface area contributed by atoms with Gasteiger partial charge in [0, 0.05) is 6.54 Å². The van der Waals surface area contributed by atoms with E-state index in [9.17, 15) is 5.11 Å². The highest BCUT2D eigenvalue weighted by molar-refractivity contribution is 6.29. The van der Waals surface area contributed by atoms with E-state index in [0.717, 1.165) is 31.6 Å². The Balaban J connectivity index is 1.99. The second-order valence-corrected chi connectivity index (χ2v) is 5.21. The van der Waals surface area contributed by atoms with Crippen LogP contribution in [0.3, 0.4) is 0 Å². The molecule has 3 aliphatic rings. The Morgan fingerprint density at radius 2 is 2.12 bits per heavy atom. The zero-order valence-corrected chi connectivity index (χ0v) is 9.82. The average molecular weight is 239 g/mol. The Kier molecular flexibility index (Phi) is 2.42. The van der Waals surface area contributed by atoms with Crippen molar-refractivity contribution in [1.29, 1.82) is 0 Å². The summed E-state index contributed by atoms with van der Waals surface area (Å²) in [7, 11) is 0. The van der Waals surface area contributed by atoms with Gasteiger partial charge in [-0.3, -0.25) is 0 Å². The minimum Gasteiger partial charge on any atom is -0.382 e. The molecule has 4 rings (SSSR count). The van der Waals surface area contributed by atoms with Crippen LogP contribution in [0, 0.1) is 5.92 Å². The van der Waals surface area contributed by atoms with Crippen LogP contribution in [-0.4, -0.2) is 34.6 Å². The topological polar surface area (TPSA) is 36.4 Å². The molecule has 1 aromatic heterocycles. The van der Waals surface area contributed by atoms with Crippen molar-refractivity contribution >= 4 is 11.6 Å². The highest BCUT2D eigenvalue weighted by Crippen LogP contribution is 2.41. The van der Waals surface area contributed by atoms with Gasteiger partial charge in [-0.15, -0.1) is 0 Å². The Morgan fingerprint density at radius 3 is 2.69 bits per heavy atom. The SMILES string of the molecule is O[C@@]1(c2cccc(Cl)n2)CN2CCC1CC2. The molecular formula is C12H15ClN2O. The summed E-state index contributed by atoms with van der Waals surface area (Å²) in [6.07, 6.45) is 2.12. The van der Waals surface area contributed by atoms with E-state index < -0.39 is 5.60 Å². The molecule has 86 valence electrons. The summed E-state index contributed by atoms with van der Waals surface area (Å²) in [5.41, 5.74) is -0.0594. The first-order chi connectivity index (χ1) is 7.68. The number of nitrogens with zero attached hydrogens (tertiary/aromatic N) is 2. The zero-order chi connectivity index (χ0) is 11.2. The maximum Gasteiger partial charge on any atom is 0.129 e. The Labute approximate surface area is 100 Å². The molecule has 1 N–H and O–H groups in total. The normalized spacial score (nSPS) is 37.6. The number of rotatable bonds is 1. The Hall–Kier alpha value is -0.640. The molecule has 0 aromatic carbocycles. The molecule has 1 aromatic rings. The average Bonchev–Trinajstić information content (AvgIpc) is 2.30. The van der Waals surface area contributed by atoms with Crippen LogP contribution in [0.25, 0.3) is 0 Å². The second-order valence-electron chi connectivity index (χ2n) is 4.82. The molecule has 3 nitrogen and oxygen atoms in total. The molecule has 0 amide bonds. The molecule has 4 heteroatoms. The molecule has 1 atom stereocenters. The smallest absolute Gasteiger partial charge is 0.129 e. The highest BCUT2D eigenvalue weighted by Gasteiger charge is 2.47. The van der Waals surface area contributed by atoms with Crippen molar-refractivity contribution in [2.75, 3.05) is 19.6 Å². The van der Waals surface area contributed by atoms with Crippen LogP contribution in [0.5, 0.6) is 0 Å². The van der Waals surface area contributed by atoms with Crippen LogP contribution in [0.4, 0.5) is 0 Å². The lowest BCUT2D eigenvalue weighted by atomic mass is 9.73. The monoisotopic (exact) mass is 238 g/mol. The molecule has 0 aliphatic carbocycles. The van der Waals surface area contributed by atoms with Gasteiger partial charge in [-0.05, 0) is 44.0 Å². The number of pyridine rings is 1. The van der Waals surface area contributed by atoms with Gasteiger partial charge in [-0.2, -0.15) is 0 Å². The first kappa shape index (κ1) is 10.5. The first-order valence-corrected chi connectivity index (χ1v) is 6.14. The van der Waals surface area contributed by atoms with E-state index in [1.54, 1.807) is 6.07 Å². The molecule has 0 spiro atoms. The third kappa shape index (κ3) is 1.54. The fourth-order valence-corrected chi connectivity index (χ4v) is 3.14. The lowest BCUT2D eigenvalue weighted by Crippen LogP contribution is -2.57. The molecule has 3 aliphatic heterocycles. The van der Waals surface area contributed by atoms with Crippen LogP contribution in [0.15, 0.2) is 18.2 Å². The molecular weight excluding hydrogens is 224 g/mol. The number of fused-ring (bicyclic) bond motifs is 3. The number of aromatic nitrogens is 1. The van der Waals surface area contributed by atoms with Gasteiger partial charge in [0.1, 0.15) is 10.8 Å². The first-order valence-electron chi connectivity index (χ1n) is 5.76. The maximum atomic E-state index is 10.8. The number of hydrogen-bond donors (Lipinski definition) is 1. The summed E-state index contributed by atoms with van der Waals surface area (Å²) in [5.74, 6) is 0.337. The molecule has 0 saturated carbocycles. The molecule has 4 heterocycles. The molecule has 16 heavy (non-hydrogen) atoms. The molecule has 3 fully saturated rings. The van der Waals surface area contributed by atoms with Crippen molar-refractivity contribution in [3.63, 3.8) is 0 Å². The summed E-state index contributed by atoms with van der Waals surface area (Å²) in [6, 6.07) is 5.49. The lowest BCUT2D eigenvalue weighted by Gasteiger charge is -2.50. The van der Waals surface area contributed by atoms with Crippen LogP contribution < -0.4 is 0 Å². The van der Waals surface area contributed by atoms with Crippen LogP contribution in [0.2, 0.25) is 5.15 Å². The minimum absolute atomic E-state index is 0.337. The van der Waals surface area contributed by atoms with Crippen molar-refractivity contribution in [3.8, 4) is 0 Å². The van der Waals surface area contributed by atoms with Crippen LogP contribution in [-0.2, 0) is 5.60 Å². The Morgan fingerprint density at radius 1 is 1.38 bits per heavy atom. The summed E-state index contributed by atoms with van der Waals surface area (Å²) in [4.78, 5) is 6.58. The van der Waals surface area contributed by atoms with Crippen molar-refractivity contribution in [3.05, 3.63) is 29.0 Å². The Bertz CT molecular complexity index is 404. The predicted molar refractivity (Wildman–Crippen MR) is 62.3 cm³/mol. The van der Waals surface area contributed by atoms with Crippen molar-refractivity contribution in [2.24, 2.45) is 5.92 Å². The molecule has 3 saturated heterocycles. The third-order valence-electron chi connectivity index (χ3n) is 3.89. The van der Waals surface area contributed by atoms with E-state index in [4.69, 9.17) is 11.6 Å². The van der Waals surface area contributed by atoms with Crippen molar-refractivity contribution in [1.82, 2.24) is 9.88 Å². The molecule has 0 radical (unpaired) electrons. The summed E-state index contributed by atoms with van der Waals surface area (Å²) in [6.45, 7) is 2.91. The largest absolute Gasteiger partial charge is 0.382 e. The molecule has 2 bridgehead atoms. The van der Waals surface area contributed by atoms with E-state index in [0.29, 0.717) is 17.6 Å². The summed E-state index contributed by atoms with van der Waals surface area (Å²) < 4.78 is 0. The molecule has 0 unspecified atom stereocenters. The van der Waals surface area contributed by atoms with Gasteiger partial charge in [-0.1, -0.05) is 17.7 Å². The van der Waals surface area contributed by atoms with Gasteiger partial charge in [0.2, 0.25) is 0 Å². The fourth-order valence-electron chi connectivity index (χ4n) is 2.98. The predicted octanol–water partition coefficient (Wildman–Crippen LogP) is 1.65. The van der Waals surface area contributed by atoms with E-state index >= 15 is 0 Å². The van der Waals surface area contributed by atoms with Gasteiger partial charge in [0.05, 0.1) is 5.69 Å². The zero-order valence-electron chi connectivity index (χ0n) is 9.06. The maximum absolute atomic E-state index is 10.8. The third-order valence-corrected chi connectivity index (χ3v) is 4.10. The van der Waals surface area contributed by atoms with Gasteiger partial charge in [0.25, 0.3) is 0 Å². The summed E-state index contributed by atoms with van der Waals surface area (Å²) in [5, 5.41) is 11.3. The van der Waals surface area contributed by atoms with Gasteiger partial charge >= 0.3 is 0 Å². The van der Waals surface area contributed by atoms with E-state index in [1.807, 2.05) is 12.1 Å². The number of aliphatic hydroxyl groups is 1. The van der Waals surface area contributed by atoms with Gasteiger partial charge < -0.3 is 10.0 Å². The van der Waals surface area contributed by atoms with Crippen LogP contribution >= 0.6 is 11.6 Å². The highest BCUT2D eigenvalue weighted by atomic mass is 35.5. The minimum atomic E-state index is -0.790. The van der Waals surface area contributed by atoms with Crippen LogP contribution in [0.1, 0.15) is 18.5 Å². The van der Waals surface area contributed by atoms with E-state index in [-0.39, 0.29) is 0 Å². The lowest BCUT2D eigenvalue weighted by molar-refractivity contribution is -0.120.